The lowest BCUT2D eigenvalue weighted by Gasteiger charge is -2.51. The van der Waals surface area contributed by atoms with E-state index in [1.54, 1.807) is 0 Å². The molecule has 35 heavy (non-hydrogen) atoms. The molecule has 2 saturated carbocycles. The lowest BCUT2D eigenvalue weighted by molar-refractivity contribution is -0.334. The van der Waals surface area contributed by atoms with E-state index in [0.29, 0.717) is 25.7 Å². The molecule has 14 atom stereocenters. The number of aliphatic hydroxyl groups is 7. The van der Waals surface area contributed by atoms with E-state index < -0.39 is 86.0 Å². The summed E-state index contributed by atoms with van der Waals surface area (Å²) in [4.78, 5) is 11.4. The second-order valence-corrected chi connectivity index (χ2v) is 10.4. The summed E-state index contributed by atoms with van der Waals surface area (Å²) in [5, 5.41) is 71.9. The van der Waals surface area contributed by atoms with Crippen molar-refractivity contribution >= 4 is 5.97 Å². The summed E-state index contributed by atoms with van der Waals surface area (Å²) in [7, 11) is 0. The van der Waals surface area contributed by atoms with E-state index >= 15 is 0 Å². The first-order valence-electron chi connectivity index (χ1n) is 12.4. The number of ether oxygens (including phenoxy) is 4. The predicted molar refractivity (Wildman–Crippen MR) is 116 cm³/mol. The Balaban J connectivity index is 1.53. The topological polar surface area (TPSA) is 196 Å². The monoisotopic (exact) mass is 506 g/mol. The van der Waals surface area contributed by atoms with Gasteiger partial charge >= 0.3 is 5.97 Å². The van der Waals surface area contributed by atoms with Crippen molar-refractivity contribution in [3.05, 3.63) is 0 Å². The van der Waals surface area contributed by atoms with Gasteiger partial charge in [-0.3, -0.25) is 4.79 Å². The van der Waals surface area contributed by atoms with E-state index in [-0.39, 0.29) is 24.7 Å². The minimum absolute atomic E-state index is 0.203. The molecule has 4 rings (SSSR count). The molecule has 0 amide bonds. The van der Waals surface area contributed by atoms with Gasteiger partial charge in [-0.1, -0.05) is 0 Å². The van der Waals surface area contributed by atoms with Gasteiger partial charge in [0.2, 0.25) is 0 Å². The van der Waals surface area contributed by atoms with Crippen LogP contribution in [0, 0.1) is 11.8 Å². The number of esters is 1. The van der Waals surface area contributed by atoms with Crippen LogP contribution in [-0.2, 0) is 23.7 Å². The van der Waals surface area contributed by atoms with Gasteiger partial charge in [0.05, 0.1) is 49.3 Å². The fraction of sp³-hybridized carbons (Fsp3) is 0.957. The van der Waals surface area contributed by atoms with Crippen LogP contribution in [0.25, 0.3) is 0 Å². The summed E-state index contributed by atoms with van der Waals surface area (Å²) in [6, 6.07) is 0. The molecule has 0 bridgehead atoms. The summed E-state index contributed by atoms with van der Waals surface area (Å²) in [5.41, 5.74) is 0. The maximum Gasteiger partial charge on any atom is 0.303 e. The van der Waals surface area contributed by atoms with E-state index in [1.807, 2.05) is 0 Å². The summed E-state index contributed by atoms with van der Waals surface area (Å²) in [6.07, 6.45) is -9.96. The van der Waals surface area contributed by atoms with Crippen LogP contribution in [0.3, 0.4) is 0 Å². The van der Waals surface area contributed by atoms with E-state index in [0.717, 1.165) is 6.92 Å². The van der Waals surface area contributed by atoms with Crippen LogP contribution in [0.15, 0.2) is 0 Å². The molecule has 7 N–H and O–H groups in total. The smallest absolute Gasteiger partial charge is 0.303 e. The van der Waals surface area contributed by atoms with Gasteiger partial charge in [-0.2, -0.15) is 0 Å². The summed E-state index contributed by atoms with van der Waals surface area (Å²) in [6.45, 7) is 0.540. The first-order chi connectivity index (χ1) is 16.6. The molecule has 0 aromatic heterocycles. The molecule has 2 aliphatic carbocycles. The molecule has 0 aromatic carbocycles. The number of aliphatic hydroxyl groups excluding tert-OH is 7. The van der Waals surface area contributed by atoms with Crippen LogP contribution in [0.5, 0.6) is 0 Å². The number of hydrogen-bond donors (Lipinski definition) is 7. The molecule has 12 heteroatoms. The van der Waals surface area contributed by atoms with Crippen molar-refractivity contribution in [3.63, 3.8) is 0 Å². The minimum atomic E-state index is -1.60. The van der Waals surface area contributed by atoms with E-state index in [9.17, 15) is 40.5 Å². The molecule has 14 unspecified atom stereocenters. The maximum atomic E-state index is 11.4. The number of fused-ring (bicyclic) bond motifs is 1. The zero-order valence-electron chi connectivity index (χ0n) is 19.7. The van der Waals surface area contributed by atoms with Crippen LogP contribution in [0.4, 0.5) is 0 Å². The Labute approximate surface area is 203 Å². The van der Waals surface area contributed by atoms with Crippen molar-refractivity contribution in [1.82, 2.24) is 0 Å². The van der Waals surface area contributed by atoms with Gasteiger partial charge in [-0.15, -0.1) is 0 Å². The van der Waals surface area contributed by atoms with Gasteiger partial charge in [-0.05, 0) is 44.4 Å². The summed E-state index contributed by atoms with van der Waals surface area (Å²) in [5.74, 6) is -1.25. The van der Waals surface area contributed by atoms with Gasteiger partial charge in [-0.25, -0.2) is 0 Å². The fourth-order valence-corrected chi connectivity index (χ4v) is 6.08. The van der Waals surface area contributed by atoms with Crippen molar-refractivity contribution < 1.29 is 59.5 Å². The van der Waals surface area contributed by atoms with E-state index in [1.165, 1.54) is 0 Å². The Morgan fingerprint density at radius 2 is 1.63 bits per heavy atom. The number of carbonyl (C=O) groups excluding carboxylic acids is 1. The zero-order valence-corrected chi connectivity index (χ0v) is 19.7. The highest BCUT2D eigenvalue weighted by Crippen LogP contribution is 2.43. The third-order valence-corrected chi connectivity index (χ3v) is 7.91. The Morgan fingerprint density at radius 3 is 2.29 bits per heavy atom. The van der Waals surface area contributed by atoms with Crippen LogP contribution in [0.2, 0.25) is 0 Å². The molecular formula is C23H38O12. The third kappa shape index (κ3) is 5.82. The average molecular weight is 507 g/mol. The quantitative estimate of drug-likeness (QED) is 0.195. The van der Waals surface area contributed by atoms with Gasteiger partial charge in [0, 0.05) is 12.8 Å². The molecule has 4 fully saturated rings. The second kappa shape index (κ2) is 11.2. The number of hydrogen-bond acceptors (Lipinski definition) is 12. The number of rotatable bonds is 5. The van der Waals surface area contributed by atoms with Gasteiger partial charge in [0.25, 0.3) is 0 Å². The van der Waals surface area contributed by atoms with Gasteiger partial charge < -0.3 is 54.7 Å². The molecule has 4 aliphatic rings. The zero-order chi connectivity index (χ0) is 25.4. The Kier molecular flexibility index (Phi) is 8.69. The molecule has 202 valence electrons. The van der Waals surface area contributed by atoms with Crippen LogP contribution >= 0.6 is 0 Å². The highest BCUT2D eigenvalue weighted by atomic mass is 16.7. The van der Waals surface area contributed by atoms with Crippen LogP contribution < -0.4 is 0 Å². The molecule has 2 heterocycles. The van der Waals surface area contributed by atoms with E-state index in [4.69, 9.17) is 18.9 Å². The number of carbonyl (C=O) groups is 1. The third-order valence-electron chi connectivity index (χ3n) is 7.91. The second-order valence-electron chi connectivity index (χ2n) is 10.4. The average Bonchev–Trinajstić information content (AvgIpc) is 2.80. The minimum Gasteiger partial charge on any atom is -0.457 e. The molecule has 0 spiro atoms. The highest BCUT2D eigenvalue weighted by molar-refractivity contribution is 5.66. The lowest BCUT2D eigenvalue weighted by atomic mass is 9.72. The standard InChI is InChI=1S/C23H38O12/c1-9(25)32-22-18(8-24)35-23(20(31)19(22)30)34-17-7-12-14(28)5-11(26)6-16(12)33-21(17)10-2-3-13(27)15(29)4-10/h10-24,26-31H,2-8H2,1H3. The molecule has 12 nitrogen and oxygen atoms in total. The van der Waals surface area contributed by atoms with Crippen molar-refractivity contribution in [2.45, 2.75) is 119 Å². The van der Waals surface area contributed by atoms with Crippen molar-refractivity contribution in [1.29, 1.82) is 0 Å². The summed E-state index contributed by atoms with van der Waals surface area (Å²) < 4.78 is 23.2. The SMILES string of the molecule is CC(=O)OC1C(CO)OC(OC2CC3C(O)CC(O)CC3OC2C2CCC(O)C(O)C2)C(O)C1O. The molecule has 2 saturated heterocycles. The van der Waals surface area contributed by atoms with E-state index in [2.05, 4.69) is 0 Å². The van der Waals surface area contributed by atoms with Crippen molar-refractivity contribution in [2.24, 2.45) is 11.8 Å². The van der Waals surface area contributed by atoms with Crippen LogP contribution in [0.1, 0.15) is 45.4 Å². The molecular weight excluding hydrogens is 468 g/mol. The van der Waals surface area contributed by atoms with Gasteiger partial charge in [0.1, 0.15) is 18.3 Å². The Morgan fingerprint density at radius 1 is 0.886 bits per heavy atom. The first kappa shape index (κ1) is 27.1. The Bertz CT molecular complexity index is 721. The Hall–Kier alpha value is -0.930. The van der Waals surface area contributed by atoms with Crippen LogP contribution in [-0.4, -0.2) is 122 Å². The highest BCUT2D eigenvalue weighted by Gasteiger charge is 2.52. The predicted octanol–water partition coefficient (Wildman–Crippen LogP) is -2.45. The molecule has 2 aliphatic heterocycles. The normalized spacial score (nSPS) is 50.9. The lowest BCUT2D eigenvalue weighted by Crippen LogP contribution is -2.63. The largest absolute Gasteiger partial charge is 0.457 e. The molecule has 0 radical (unpaired) electrons. The van der Waals surface area contributed by atoms with Gasteiger partial charge in [0.15, 0.2) is 12.4 Å². The van der Waals surface area contributed by atoms with Crippen molar-refractivity contribution in [2.75, 3.05) is 6.61 Å². The molecule has 0 aromatic rings. The maximum absolute atomic E-state index is 11.4. The first-order valence-corrected chi connectivity index (χ1v) is 12.4. The van der Waals surface area contributed by atoms with Crippen molar-refractivity contribution in [3.8, 4) is 0 Å². The fourth-order valence-electron chi connectivity index (χ4n) is 6.08. The summed E-state index contributed by atoms with van der Waals surface area (Å²) >= 11 is 0.